The molecule has 0 saturated carbocycles. The second-order valence-corrected chi connectivity index (χ2v) is 7.24. The normalized spacial score (nSPS) is 13.7. The number of aromatic nitrogens is 1. The van der Waals surface area contributed by atoms with Crippen molar-refractivity contribution in [3.63, 3.8) is 0 Å². The third-order valence-corrected chi connectivity index (χ3v) is 5.11. The lowest BCUT2D eigenvalue weighted by Gasteiger charge is -2.23. The van der Waals surface area contributed by atoms with Gasteiger partial charge in [0.25, 0.3) is 11.4 Å². The first kappa shape index (κ1) is 20.2. The van der Waals surface area contributed by atoms with Crippen LogP contribution in [-0.2, 0) is 11.3 Å². The highest BCUT2D eigenvalue weighted by atomic mass is 16.5. The van der Waals surface area contributed by atoms with Crippen molar-refractivity contribution in [2.45, 2.75) is 19.5 Å². The number of fused-ring (bicyclic) bond motifs is 2. The number of rotatable bonds is 6. The third-order valence-electron chi connectivity index (χ3n) is 5.11. The zero-order valence-corrected chi connectivity index (χ0v) is 16.9. The van der Waals surface area contributed by atoms with Crippen molar-refractivity contribution >= 4 is 29.4 Å². The van der Waals surface area contributed by atoms with E-state index in [2.05, 4.69) is 5.32 Å². The van der Waals surface area contributed by atoms with Crippen molar-refractivity contribution in [1.82, 2.24) is 15.5 Å². The summed E-state index contributed by atoms with van der Waals surface area (Å²) in [6, 6.07) is 6.94. The highest BCUT2D eigenvalue weighted by molar-refractivity contribution is 5.98. The molecule has 10 heteroatoms. The molecular formula is C21H20N4O6. The van der Waals surface area contributed by atoms with Gasteiger partial charge in [-0.05, 0) is 30.7 Å². The van der Waals surface area contributed by atoms with Gasteiger partial charge in [0.05, 0.1) is 13.2 Å². The molecule has 0 radical (unpaired) electrons. The highest BCUT2D eigenvalue weighted by Crippen LogP contribution is 2.30. The van der Waals surface area contributed by atoms with Crippen molar-refractivity contribution in [3.8, 4) is 5.75 Å². The van der Waals surface area contributed by atoms with Crippen LogP contribution in [0.5, 0.6) is 5.75 Å². The van der Waals surface area contributed by atoms with Crippen LogP contribution in [-0.4, -0.2) is 36.9 Å². The van der Waals surface area contributed by atoms with Crippen LogP contribution in [0.2, 0.25) is 0 Å². The molecule has 0 fully saturated rings. The Bertz CT molecular complexity index is 1190. The molecule has 4 rings (SSSR count). The zero-order valence-electron chi connectivity index (χ0n) is 16.9. The van der Waals surface area contributed by atoms with Gasteiger partial charge in [0.2, 0.25) is 6.41 Å². The Morgan fingerprint density at radius 3 is 2.94 bits per heavy atom. The lowest BCUT2D eigenvalue weighted by Crippen LogP contribution is -2.42. The summed E-state index contributed by atoms with van der Waals surface area (Å²) >= 11 is 0. The number of amides is 4. The average molecular weight is 424 g/mol. The molecule has 0 unspecified atom stereocenters. The number of nitrogens with one attached hydrogen (secondary N) is 2. The number of nitrogens with zero attached hydrogens (tertiary/aromatic N) is 2. The molecule has 31 heavy (non-hydrogen) atoms. The summed E-state index contributed by atoms with van der Waals surface area (Å²) in [7, 11) is 1.52. The Balaban J connectivity index is 1.65. The molecule has 3 heterocycles. The van der Waals surface area contributed by atoms with Crippen LogP contribution in [0.25, 0.3) is 11.1 Å². The second-order valence-electron chi connectivity index (χ2n) is 7.24. The average Bonchev–Trinajstić information content (AvgIpc) is 3.29. The van der Waals surface area contributed by atoms with Gasteiger partial charge in [0.1, 0.15) is 17.6 Å². The first-order valence-electron chi connectivity index (χ1n) is 9.49. The van der Waals surface area contributed by atoms with Crippen LogP contribution in [0.15, 0.2) is 40.9 Å². The maximum absolute atomic E-state index is 12.9. The van der Waals surface area contributed by atoms with Crippen molar-refractivity contribution in [2.75, 3.05) is 13.7 Å². The van der Waals surface area contributed by atoms with Gasteiger partial charge in [-0.2, -0.15) is 4.73 Å². The first-order chi connectivity index (χ1) is 14.9. The van der Waals surface area contributed by atoms with E-state index >= 15 is 0 Å². The molecule has 10 nitrogen and oxygen atoms in total. The number of carbonyl (C=O) groups excluding carboxylic acids is 3. The van der Waals surface area contributed by atoms with Gasteiger partial charge in [-0.25, -0.2) is 4.79 Å². The molecule has 1 aliphatic heterocycles. The van der Waals surface area contributed by atoms with Gasteiger partial charge >= 0.3 is 6.03 Å². The van der Waals surface area contributed by atoms with E-state index in [0.717, 1.165) is 5.56 Å². The molecule has 0 saturated heterocycles. The number of pyridine rings is 1. The van der Waals surface area contributed by atoms with E-state index in [4.69, 9.17) is 9.15 Å². The fraction of sp³-hybridized carbons (Fsp3) is 0.238. The summed E-state index contributed by atoms with van der Waals surface area (Å²) in [6.07, 6.45) is 1.67. The minimum absolute atomic E-state index is 0.0692. The van der Waals surface area contributed by atoms with Crippen LogP contribution in [0.1, 0.15) is 33.3 Å². The lowest BCUT2D eigenvalue weighted by atomic mass is 10.1. The smallest absolute Gasteiger partial charge is 0.321 e. The van der Waals surface area contributed by atoms with E-state index in [1.807, 2.05) is 11.4 Å². The van der Waals surface area contributed by atoms with Crippen molar-refractivity contribution in [1.29, 1.82) is 0 Å². The monoisotopic (exact) mass is 424 g/mol. The number of carbonyl (C=O) groups is 3. The van der Waals surface area contributed by atoms with Gasteiger partial charge in [-0.15, -0.1) is 0 Å². The number of aryl methyl sites for hydroxylation is 1. The topological polar surface area (TPSA) is 128 Å². The number of furan rings is 1. The molecule has 1 aromatic carbocycles. The van der Waals surface area contributed by atoms with Crippen molar-refractivity contribution in [2.24, 2.45) is 0 Å². The Morgan fingerprint density at radius 1 is 1.39 bits per heavy atom. The number of imide groups is 1. The SMILES string of the molecule is COc1ccc2c(c1)C(=O)N(C[C@H](NC(=O)NC=O)c1cc3c(cc(C)c[n+]3[O-])o1)C2. The Kier molecular flexibility index (Phi) is 5.20. The van der Waals surface area contributed by atoms with Gasteiger partial charge < -0.3 is 24.6 Å². The lowest BCUT2D eigenvalue weighted by molar-refractivity contribution is -0.577. The molecule has 0 aliphatic carbocycles. The van der Waals surface area contributed by atoms with Gasteiger partial charge in [-0.1, -0.05) is 6.07 Å². The molecule has 2 aromatic heterocycles. The minimum atomic E-state index is -0.798. The third kappa shape index (κ3) is 3.87. The van der Waals surface area contributed by atoms with Crippen LogP contribution < -0.4 is 20.1 Å². The number of hydrogen-bond donors (Lipinski definition) is 2. The summed E-state index contributed by atoms with van der Waals surface area (Å²) in [5.41, 5.74) is 2.72. The molecule has 160 valence electrons. The van der Waals surface area contributed by atoms with E-state index in [-0.39, 0.29) is 24.6 Å². The number of methoxy groups -OCH3 is 1. The van der Waals surface area contributed by atoms with Crippen molar-refractivity contribution < 1.29 is 28.3 Å². The minimum Gasteiger partial charge on any atom is -0.618 e. The molecule has 0 bridgehead atoms. The predicted molar refractivity (Wildman–Crippen MR) is 108 cm³/mol. The molecule has 4 amide bonds. The molecular weight excluding hydrogens is 404 g/mol. The number of urea groups is 1. The molecule has 3 aromatic rings. The zero-order chi connectivity index (χ0) is 22.1. The van der Waals surface area contributed by atoms with Crippen LogP contribution in [0.3, 0.4) is 0 Å². The predicted octanol–water partition coefficient (Wildman–Crippen LogP) is 1.54. The van der Waals surface area contributed by atoms with Crippen LogP contribution in [0, 0.1) is 12.1 Å². The van der Waals surface area contributed by atoms with Gasteiger partial charge in [-0.3, -0.25) is 14.9 Å². The molecule has 0 spiro atoms. The standard InChI is InChI=1S/C21H20N4O6/c1-12-5-19-17(25(29)8-12)7-18(31-19)16(23-21(28)22-11-26)10-24-9-13-3-4-14(30-2)6-15(13)20(24)27/h3-8,11,16H,9-10H2,1-2H3,(H2,22,23,26,28)/t16-/m0/s1. The Hall–Kier alpha value is -4.08. The summed E-state index contributed by atoms with van der Waals surface area (Å²) < 4.78 is 11.7. The number of ether oxygens (including phenoxy) is 1. The van der Waals surface area contributed by atoms with Crippen LogP contribution >= 0.6 is 0 Å². The fourth-order valence-corrected chi connectivity index (χ4v) is 3.66. The van der Waals surface area contributed by atoms with E-state index in [1.54, 1.807) is 30.0 Å². The van der Waals surface area contributed by atoms with E-state index in [1.165, 1.54) is 19.4 Å². The Labute approximate surface area is 177 Å². The largest absolute Gasteiger partial charge is 0.618 e. The van der Waals surface area contributed by atoms with E-state index in [0.29, 0.717) is 39.3 Å². The Morgan fingerprint density at radius 2 is 2.19 bits per heavy atom. The summed E-state index contributed by atoms with van der Waals surface area (Å²) in [4.78, 5) is 37.2. The summed E-state index contributed by atoms with van der Waals surface area (Å²) in [5, 5.41) is 16.8. The van der Waals surface area contributed by atoms with Crippen LogP contribution in [0.4, 0.5) is 4.79 Å². The summed E-state index contributed by atoms with van der Waals surface area (Å²) in [6.45, 7) is 2.17. The molecule has 1 atom stereocenters. The molecule has 2 N–H and O–H groups in total. The van der Waals surface area contributed by atoms with Crippen molar-refractivity contribution in [3.05, 3.63) is 64.2 Å². The second kappa shape index (κ2) is 7.98. The first-order valence-corrected chi connectivity index (χ1v) is 9.49. The number of benzene rings is 1. The quantitative estimate of drug-likeness (QED) is 0.351. The number of hydrogen-bond acceptors (Lipinski definition) is 6. The fourth-order valence-electron chi connectivity index (χ4n) is 3.66. The van der Waals surface area contributed by atoms with E-state index in [9.17, 15) is 19.6 Å². The van der Waals surface area contributed by atoms with Gasteiger partial charge in [0, 0.05) is 24.2 Å². The maximum atomic E-state index is 12.9. The highest BCUT2D eigenvalue weighted by Gasteiger charge is 2.32. The van der Waals surface area contributed by atoms with E-state index < -0.39 is 12.1 Å². The van der Waals surface area contributed by atoms with Gasteiger partial charge in [0.15, 0.2) is 11.8 Å². The molecule has 1 aliphatic rings. The maximum Gasteiger partial charge on any atom is 0.321 e. The summed E-state index contributed by atoms with van der Waals surface area (Å²) in [5.74, 6) is 0.636.